The molecule has 13 heavy (non-hydrogen) atoms. The predicted octanol–water partition coefficient (Wildman–Crippen LogP) is 2.21. The van der Waals surface area contributed by atoms with E-state index in [2.05, 4.69) is 51.9 Å². The third-order valence-electron chi connectivity index (χ3n) is 1.06. The molecule has 0 aliphatic heterocycles. The molecule has 0 aliphatic rings. The summed E-state index contributed by atoms with van der Waals surface area (Å²) in [6.45, 7) is 14.7. The first kappa shape index (κ1) is 15.5. The van der Waals surface area contributed by atoms with Crippen molar-refractivity contribution in [2.45, 2.75) is 59.5 Å². The molecule has 0 rings (SSSR count). The first-order valence-electron chi connectivity index (χ1n) is 4.45. The minimum atomic E-state index is 0. The van der Waals surface area contributed by atoms with E-state index in [-0.39, 0.29) is 29.9 Å². The molecular weight excluding hydrogens is 155 g/mol. The number of amidine groups is 1. The third kappa shape index (κ3) is 12.1. The predicted molar refractivity (Wildman–Crippen MR) is 61.5 cm³/mol. The molecule has 0 unspecified atom stereocenters. The van der Waals surface area contributed by atoms with Crippen molar-refractivity contribution in [1.82, 2.24) is 5.32 Å². The van der Waals surface area contributed by atoms with Gasteiger partial charge in [-0.25, -0.2) is 0 Å². The maximum atomic E-state index is 4.50. The standard InChI is InChI=1S/C10H22N2.Li/c1-8(11-9(2,3)4)12-10(5,6)7;/h1-7H3,(H,11,12);. The van der Waals surface area contributed by atoms with Gasteiger partial charge < -0.3 is 5.32 Å². The summed E-state index contributed by atoms with van der Waals surface area (Å²) in [5, 5.41) is 3.33. The van der Waals surface area contributed by atoms with E-state index in [1.54, 1.807) is 0 Å². The molecule has 0 atom stereocenters. The molecule has 0 aromatic rings. The van der Waals surface area contributed by atoms with Gasteiger partial charge in [0.15, 0.2) is 0 Å². The van der Waals surface area contributed by atoms with Crippen molar-refractivity contribution in [3.8, 4) is 0 Å². The summed E-state index contributed by atoms with van der Waals surface area (Å²) in [4.78, 5) is 4.50. The van der Waals surface area contributed by atoms with Crippen LogP contribution in [0.15, 0.2) is 4.99 Å². The molecule has 0 saturated heterocycles. The average Bonchev–Trinajstić information content (AvgIpc) is 1.49. The van der Waals surface area contributed by atoms with Gasteiger partial charge in [0, 0.05) is 24.4 Å². The van der Waals surface area contributed by atoms with Crippen molar-refractivity contribution < 1.29 is 0 Å². The molecule has 0 fully saturated rings. The fourth-order valence-corrected chi connectivity index (χ4v) is 1.07. The Balaban J connectivity index is 0. The number of rotatable bonds is 0. The molecule has 0 aromatic carbocycles. The molecule has 73 valence electrons. The van der Waals surface area contributed by atoms with E-state index >= 15 is 0 Å². The summed E-state index contributed by atoms with van der Waals surface area (Å²) in [5.41, 5.74) is 0.126. The van der Waals surface area contributed by atoms with Gasteiger partial charge in [-0.2, -0.15) is 0 Å². The number of hydrogen-bond acceptors (Lipinski definition) is 1. The third-order valence-corrected chi connectivity index (χ3v) is 1.06. The Hall–Kier alpha value is 0.0674. The maximum Gasteiger partial charge on any atom is 0.0942 e. The molecule has 0 bridgehead atoms. The van der Waals surface area contributed by atoms with Gasteiger partial charge in [-0.05, 0) is 48.5 Å². The van der Waals surface area contributed by atoms with Gasteiger partial charge in [0.25, 0.3) is 0 Å². The number of aliphatic imine (C=N–C) groups is 1. The molecule has 0 aliphatic carbocycles. The summed E-state index contributed by atoms with van der Waals surface area (Å²) in [7, 11) is 0. The molecular formula is C10H22LiN2. The molecule has 1 N–H and O–H groups in total. The Kier molecular flexibility index (Phi) is 6.06. The Morgan fingerprint density at radius 3 is 1.62 bits per heavy atom. The Labute approximate surface area is 94.8 Å². The van der Waals surface area contributed by atoms with E-state index in [1.807, 2.05) is 6.92 Å². The van der Waals surface area contributed by atoms with Gasteiger partial charge in [-0.3, -0.25) is 4.99 Å². The van der Waals surface area contributed by atoms with E-state index < -0.39 is 0 Å². The molecule has 3 heteroatoms. The van der Waals surface area contributed by atoms with Crippen LogP contribution in [0.2, 0.25) is 0 Å². The Bertz CT molecular complexity index is 172. The van der Waals surface area contributed by atoms with Crippen molar-refractivity contribution in [3.63, 3.8) is 0 Å². The minimum Gasteiger partial charge on any atom is -0.369 e. The summed E-state index contributed by atoms with van der Waals surface area (Å²) in [5.74, 6) is 1.01. The molecule has 0 spiro atoms. The van der Waals surface area contributed by atoms with Gasteiger partial charge in [0.05, 0.1) is 11.4 Å². The van der Waals surface area contributed by atoms with Crippen LogP contribution in [0.5, 0.6) is 0 Å². The van der Waals surface area contributed by atoms with Gasteiger partial charge in [0.1, 0.15) is 0 Å². The zero-order valence-electron chi connectivity index (χ0n) is 10.4. The molecule has 0 saturated carbocycles. The van der Waals surface area contributed by atoms with Crippen molar-refractivity contribution in [2.24, 2.45) is 4.99 Å². The molecule has 2 nitrogen and oxygen atoms in total. The summed E-state index contributed by atoms with van der Waals surface area (Å²) in [6, 6.07) is 0. The molecule has 0 heterocycles. The number of nitrogens with one attached hydrogen (secondary N) is 1. The van der Waals surface area contributed by atoms with Crippen molar-refractivity contribution in [1.29, 1.82) is 0 Å². The fraction of sp³-hybridized carbons (Fsp3) is 0.900. The normalized spacial score (nSPS) is 13.6. The quantitative estimate of drug-likeness (QED) is 0.342. The summed E-state index contributed by atoms with van der Waals surface area (Å²) >= 11 is 0. The monoisotopic (exact) mass is 177 g/mol. The average molecular weight is 177 g/mol. The van der Waals surface area contributed by atoms with Crippen LogP contribution < -0.4 is 5.32 Å². The van der Waals surface area contributed by atoms with Crippen LogP contribution in [0.4, 0.5) is 0 Å². The first-order valence-corrected chi connectivity index (χ1v) is 4.45. The van der Waals surface area contributed by atoms with Crippen LogP contribution in [0, 0.1) is 0 Å². The van der Waals surface area contributed by atoms with Crippen molar-refractivity contribution in [2.75, 3.05) is 0 Å². The minimum absolute atomic E-state index is 0. The van der Waals surface area contributed by atoms with Crippen molar-refractivity contribution >= 4 is 24.7 Å². The van der Waals surface area contributed by atoms with Crippen LogP contribution >= 0.6 is 0 Å². The zero-order valence-corrected chi connectivity index (χ0v) is 10.4. The smallest absolute Gasteiger partial charge is 0.0942 e. The van der Waals surface area contributed by atoms with Gasteiger partial charge in [-0.1, -0.05) is 0 Å². The van der Waals surface area contributed by atoms with Crippen LogP contribution in [0.25, 0.3) is 0 Å². The van der Waals surface area contributed by atoms with Gasteiger partial charge in [-0.15, -0.1) is 0 Å². The van der Waals surface area contributed by atoms with Crippen LogP contribution in [-0.4, -0.2) is 35.8 Å². The SMILES string of the molecule is CC(=NC(C)(C)C)NC(C)(C)C.[Li]. The van der Waals surface area contributed by atoms with Crippen LogP contribution in [0.1, 0.15) is 48.5 Å². The Morgan fingerprint density at radius 1 is 1.00 bits per heavy atom. The van der Waals surface area contributed by atoms with Crippen LogP contribution in [-0.2, 0) is 0 Å². The second-order valence-electron chi connectivity index (χ2n) is 5.24. The van der Waals surface area contributed by atoms with Crippen molar-refractivity contribution in [3.05, 3.63) is 0 Å². The Morgan fingerprint density at radius 2 is 1.38 bits per heavy atom. The number of nitrogens with zero attached hydrogens (tertiary/aromatic N) is 1. The van der Waals surface area contributed by atoms with E-state index in [9.17, 15) is 0 Å². The second-order valence-corrected chi connectivity index (χ2v) is 5.24. The van der Waals surface area contributed by atoms with Crippen LogP contribution in [0.3, 0.4) is 0 Å². The largest absolute Gasteiger partial charge is 0.369 e. The van der Waals surface area contributed by atoms with Gasteiger partial charge in [0.2, 0.25) is 0 Å². The zero-order chi connectivity index (χ0) is 9.99. The summed E-state index contributed by atoms with van der Waals surface area (Å²) < 4.78 is 0. The molecule has 0 amide bonds. The first-order chi connectivity index (χ1) is 5.10. The van der Waals surface area contributed by atoms with Gasteiger partial charge >= 0.3 is 0 Å². The second kappa shape index (κ2) is 5.07. The van der Waals surface area contributed by atoms with E-state index in [0.717, 1.165) is 5.84 Å². The van der Waals surface area contributed by atoms with E-state index in [0.29, 0.717) is 0 Å². The molecule has 1 radical (unpaired) electrons. The molecule has 0 aromatic heterocycles. The van der Waals surface area contributed by atoms with E-state index in [1.165, 1.54) is 0 Å². The number of hydrogen-bond donors (Lipinski definition) is 1. The maximum absolute atomic E-state index is 4.50. The topological polar surface area (TPSA) is 24.4 Å². The summed E-state index contributed by atoms with van der Waals surface area (Å²) in [6.07, 6.45) is 0. The van der Waals surface area contributed by atoms with E-state index in [4.69, 9.17) is 0 Å². The fourth-order valence-electron chi connectivity index (χ4n) is 1.07.